The van der Waals surface area contributed by atoms with E-state index in [1.54, 1.807) is 4.90 Å². The Morgan fingerprint density at radius 1 is 0.943 bits per heavy atom. The average Bonchev–Trinajstić information content (AvgIpc) is 3.49. The lowest BCUT2D eigenvalue weighted by molar-refractivity contribution is -0.117. The van der Waals surface area contributed by atoms with Crippen molar-refractivity contribution in [2.75, 3.05) is 42.6 Å². The highest BCUT2D eigenvalue weighted by molar-refractivity contribution is 6.33. The number of aromatic nitrogens is 3. The summed E-state index contributed by atoms with van der Waals surface area (Å²) in [7, 11) is 0. The highest BCUT2D eigenvalue weighted by atomic mass is 35.5. The molecule has 2 aromatic carbocycles. The number of halogens is 1. The van der Waals surface area contributed by atoms with Crippen molar-refractivity contribution in [1.29, 1.82) is 0 Å². The van der Waals surface area contributed by atoms with Crippen LogP contribution in [0.4, 0.5) is 11.4 Å². The number of H-pyrrole nitrogens is 1. The Morgan fingerprint density at radius 3 is 2.40 bits per heavy atom. The van der Waals surface area contributed by atoms with Crippen molar-refractivity contribution in [3.05, 3.63) is 59.6 Å². The molecule has 0 radical (unpaired) electrons. The number of amides is 1. The van der Waals surface area contributed by atoms with Crippen LogP contribution < -0.4 is 14.5 Å². The van der Waals surface area contributed by atoms with Gasteiger partial charge in [0, 0.05) is 43.0 Å². The van der Waals surface area contributed by atoms with Gasteiger partial charge < -0.3 is 24.3 Å². The Morgan fingerprint density at radius 2 is 1.69 bits per heavy atom. The second-order valence-electron chi connectivity index (χ2n) is 8.62. The fraction of sp³-hybridized carbons (Fsp3) is 0.269. The van der Waals surface area contributed by atoms with E-state index in [2.05, 4.69) is 27.0 Å². The van der Waals surface area contributed by atoms with E-state index in [0.717, 1.165) is 56.2 Å². The van der Waals surface area contributed by atoms with Crippen LogP contribution in [0.5, 0.6) is 11.8 Å². The number of hydrogen-bond donors (Lipinski definition) is 1. The molecular formula is C26H24ClN5O3. The van der Waals surface area contributed by atoms with Crippen molar-refractivity contribution in [1.82, 2.24) is 15.0 Å². The summed E-state index contributed by atoms with van der Waals surface area (Å²) in [6, 6.07) is 17.8. The Kier molecular flexibility index (Phi) is 5.75. The topological polar surface area (TPSA) is 83.6 Å². The first kappa shape index (κ1) is 21.9. The molecule has 9 heteroatoms. The van der Waals surface area contributed by atoms with Crippen LogP contribution in [0.1, 0.15) is 12.8 Å². The third-order valence-corrected chi connectivity index (χ3v) is 6.65. The van der Waals surface area contributed by atoms with Crippen molar-refractivity contribution in [2.24, 2.45) is 0 Å². The van der Waals surface area contributed by atoms with Gasteiger partial charge in [-0.15, -0.1) is 0 Å². The van der Waals surface area contributed by atoms with Gasteiger partial charge in [-0.1, -0.05) is 23.7 Å². The van der Waals surface area contributed by atoms with Gasteiger partial charge >= 0.3 is 6.01 Å². The first-order valence-corrected chi connectivity index (χ1v) is 12.1. The van der Waals surface area contributed by atoms with Crippen LogP contribution in [-0.4, -0.2) is 53.7 Å². The van der Waals surface area contributed by atoms with Gasteiger partial charge in [0.15, 0.2) is 5.65 Å². The molecule has 0 bridgehead atoms. The predicted octanol–water partition coefficient (Wildman–Crippen LogP) is 5.03. The maximum atomic E-state index is 12.0. The summed E-state index contributed by atoms with van der Waals surface area (Å²) >= 11 is 6.58. The summed E-state index contributed by atoms with van der Waals surface area (Å²) in [6.07, 6.45) is 1.50. The van der Waals surface area contributed by atoms with Gasteiger partial charge in [0.05, 0.1) is 29.4 Å². The number of imidazole rings is 1. The zero-order chi connectivity index (χ0) is 23.8. The predicted molar refractivity (Wildman–Crippen MR) is 135 cm³/mol. The van der Waals surface area contributed by atoms with Crippen molar-refractivity contribution >= 4 is 40.0 Å². The summed E-state index contributed by atoms with van der Waals surface area (Å²) in [4.78, 5) is 28.4. The van der Waals surface area contributed by atoms with Crippen molar-refractivity contribution in [2.45, 2.75) is 12.8 Å². The molecular weight excluding hydrogens is 466 g/mol. The van der Waals surface area contributed by atoms with Crippen molar-refractivity contribution in [3.8, 4) is 23.0 Å². The Bertz CT molecular complexity index is 1360. The number of carbonyl (C=O) groups is 1. The third kappa shape index (κ3) is 4.42. The Balaban J connectivity index is 1.21. The molecule has 0 unspecified atom stereocenters. The molecule has 0 atom stereocenters. The molecule has 2 aliphatic rings. The molecule has 35 heavy (non-hydrogen) atoms. The number of nitrogens with one attached hydrogen (secondary N) is 1. The SMILES string of the molecule is O=C1CCCN1c1ccc(Oc2nc3nc(-c4ccc(N5CCOCC5)cc4)c(Cl)cc3[nH]2)cc1. The number of anilines is 2. The number of morpholine rings is 1. The first-order chi connectivity index (χ1) is 17.1. The molecule has 8 nitrogen and oxygen atoms in total. The number of ether oxygens (including phenoxy) is 2. The average molecular weight is 490 g/mol. The molecule has 2 saturated heterocycles. The fourth-order valence-electron chi connectivity index (χ4n) is 4.53. The maximum Gasteiger partial charge on any atom is 0.301 e. The number of benzene rings is 2. The molecule has 2 aliphatic heterocycles. The molecule has 2 fully saturated rings. The third-order valence-electron chi connectivity index (χ3n) is 6.36. The molecule has 0 aliphatic carbocycles. The normalized spacial score (nSPS) is 16.3. The molecule has 0 spiro atoms. The van der Waals surface area contributed by atoms with Crippen LogP contribution in [0.15, 0.2) is 54.6 Å². The molecule has 178 valence electrons. The van der Waals surface area contributed by atoms with Crippen LogP contribution in [0, 0.1) is 0 Å². The van der Waals surface area contributed by atoms with E-state index >= 15 is 0 Å². The highest BCUT2D eigenvalue weighted by Crippen LogP contribution is 2.32. The van der Waals surface area contributed by atoms with Crippen LogP contribution >= 0.6 is 11.6 Å². The first-order valence-electron chi connectivity index (χ1n) is 11.7. The standard InChI is InChI=1S/C26H24ClN5O3/c27-21-16-22-25(29-24(21)17-3-5-18(6-4-17)31-12-14-34-15-13-31)30-26(28-22)35-20-9-7-19(8-10-20)32-11-1-2-23(32)33/h3-10,16H,1-2,11-15H2,(H,28,29,30). The van der Waals surface area contributed by atoms with Crippen LogP contribution in [0.3, 0.4) is 0 Å². The van der Waals surface area contributed by atoms with Crippen molar-refractivity contribution in [3.63, 3.8) is 0 Å². The van der Waals surface area contributed by atoms with E-state index in [9.17, 15) is 4.79 Å². The van der Waals surface area contributed by atoms with Crippen LogP contribution in [0.25, 0.3) is 22.4 Å². The second kappa shape index (κ2) is 9.20. The van der Waals surface area contributed by atoms with Gasteiger partial charge in [0.1, 0.15) is 5.75 Å². The maximum absolute atomic E-state index is 12.0. The van der Waals surface area contributed by atoms with Gasteiger partial charge in [-0.3, -0.25) is 4.79 Å². The van der Waals surface area contributed by atoms with Crippen LogP contribution in [-0.2, 0) is 9.53 Å². The Hall–Kier alpha value is -3.62. The molecule has 4 heterocycles. The van der Waals surface area contributed by atoms with E-state index in [1.165, 1.54) is 0 Å². The summed E-state index contributed by atoms with van der Waals surface area (Å²) in [5, 5.41) is 0.534. The molecule has 2 aromatic heterocycles. The summed E-state index contributed by atoms with van der Waals surface area (Å²) in [5.41, 5.74) is 4.85. The minimum Gasteiger partial charge on any atom is -0.426 e. The number of fused-ring (bicyclic) bond motifs is 1. The lowest BCUT2D eigenvalue weighted by atomic mass is 10.1. The lowest BCUT2D eigenvalue weighted by Gasteiger charge is -2.28. The van der Waals surface area contributed by atoms with Gasteiger partial charge in [-0.05, 0) is 48.9 Å². The number of nitrogens with zero attached hydrogens (tertiary/aromatic N) is 4. The molecule has 1 N–H and O–H groups in total. The monoisotopic (exact) mass is 489 g/mol. The number of pyridine rings is 1. The number of rotatable bonds is 5. The number of hydrogen-bond acceptors (Lipinski definition) is 6. The van der Waals surface area contributed by atoms with Gasteiger partial charge in [-0.2, -0.15) is 4.98 Å². The summed E-state index contributed by atoms with van der Waals surface area (Å²) in [6.45, 7) is 4.03. The lowest BCUT2D eigenvalue weighted by Crippen LogP contribution is -2.36. The zero-order valence-electron chi connectivity index (χ0n) is 19.0. The molecule has 1 amide bonds. The smallest absolute Gasteiger partial charge is 0.301 e. The fourth-order valence-corrected chi connectivity index (χ4v) is 4.79. The number of aromatic amines is 1. The van der Waals surface area contributed by atoms with Crippen LogP contribution in [0.2, 0.25) is 5.02 Å². The van der Waals surface area contributed by atoms with Gasteiger partial charge in [0.2, 0.25) is 5.91 Å². The quantitative estimate of drug-likeness (QED) is 0.423. The van der Waals surface area contributed by atoms with E-state index in [1.807, 2.05) is 42.5 Å². The van der Waals surface area contributed by atoms with E-state index < -0.39 is 0 Å². The highest BCUT2D eigenvalue weighted by Gasteiger charge is 2.21. The van der Waals surface area contributed by atoms with Gasteiger partial charge in [-0.25, -0.2) is 4.98 Å². The van der Waals surface area contributed by atoms with E-state index in [0.29, 0.717) is 40.1 Å². The minimum atomic E-state index is 0.158. The Labute approximate surface area is 207 Å². The largest absolute Gasteiger partial charge is 0.426 e. The second-order valence-corrected chi connectivity index (χ2v) is 9.03. The summed E-state index contributed by atoms with van der Waals surface area (Å²) in [5.74, 6) is 0.773. The zero-order valence-corrected chi connectivity index (χ0v) is 19.8. The molecule has 0 saturated carbocycles. The summed E-state index contributed by atoms with van der Waals surface area (Å²) < 4.78 is 11.3. The van der Waals surface area contributed by atoms with Crippen molar-refractivity contribution < 1.29 is 14.3 Å². The molecule has 6 rings (SSSR count). The van der Waals surface area contributed by atoms with E-state index in [4.69, 9.17) is 26.1 Å². The molecule has 4 aromatic rings. The number of carbonyl (C=O) groups excluding carboxylic acids is 1. The minimum absolute atomic E-state index is 0.158. The van der Waals surface area contributed by atoms with Gasteiger partial charge in [0.25, 0.3) is 0 Å². The van der Waals surface area contributed by atoms with E-state index in [-0.39, 0.29) is 5.91 Å².